The number of carbonyl (C=O) groups is 1. The molecule has 0 aliphatic heterocycles. The quantitative estimate of drug-likeness (QED) is 0.501. The summed E-state index contributed by atoms with van der Waals surface area (Å²) in [4.78, 5) is 12.5. The molecule has 1 aliphatic rings. The molecule has 1 saturated carbocycles. The van der Waals surface area contributed by atoms with Gasteiger partial charge in [-0.05, 0) is 43.9 Å². The minimum Gasteiger partial charge on any atom is -0.493 e. The summed E-state index contributed by atoms with van der Waals surface area (Å²) in [5, 5.41) is 11.6. The van der Waals surface area contributed by atoms with Gasteiger partial charge in [0.05, 0.1) is 19.5 Å². The van der Waals surface area contributed by atoms with Crippen molar-refractivity contribution in [1.29, 1.82) is 0 Å². The van der Waals surface area contributed by atoms with Crippen LogP contribution in [0.3, 0.4) is 0 Å². The smallest absolute Gasteiger partial charge is 0.233 e. The van der Waals surface area contributed by atoms with Gasteiger partial charge < -0.3 is 20.6 Å². The first kappa shape index (κ1) is 21.3. The average Bonchev–Trinajstić information content (AvgIpc) is 3.12. The number of nitrogens with one attached hydrogen (secondary N) is 1. The van der Waals surface area contributed by atoms with Crippen molar-refractivity contribution in [3.8, 4) is 22.9 Å². The minimum absolute atomic E-state index is 0.00348. The average molecular weight is 420 g/mol. The lowest BCUT2D eigenvalue weighted by molar-refractivity contribution is -0.120. The van der Waals surface area contributed by atoms with Crippen LogP contribution in [-0.4, -0.2) is 46.8 Å². The maximum absolute atomic E-state index is 12.5. The molecule has 0 saturated heterocycles. The molecule has 3 rings (SSSR count). The molecule has 1 aliphatic carbocycles. The van der Waals surface area contributed by atoms with Crippen molar-refractivity contribution in [2.45, 2.75) is 49.4 Å². The largest absolute Gasteiger partial charge is 0.493 e. The van der Waals surface area contributed by atoms with Crippen LogP contribution in [0.25, 0.3) is 11.4 Å². The van der Waals surface area contributed by atoms with Gasteiger partial charge in [-0.15, -0.1) is 10.2 Å². The molecule has 8 nitrogen and oxygen atoms in total. The molecule has 1 fully saturated rings. The van der Waals surface area contributed by atoms with E-state index < -0.39 is 0 Å². The number of nitrogen functional groups attached to an aromatic ring is 1. The highest BCUT2D eigenvalue weighted by Crippen LogP contribution is 2.32. The van der Waals surface area contributed by atoms with Crippen LogP contribution in [-0.2, 0) is 4.79 Å². The normalized spacial score (nSPS) is 15.7. The van der Waals surface area contributed by atoms with Gasteiger partial charge in [0.1, 0.15) is 0 Å². The number of aromatic nitrogens is 3. The SMILES string of the molecule is COc1ccc(-c2nnc(SC(C)C(=O)NCC3CCCCC3)n2N)cc1OC. The molecule has 2 aromatic rings. The number of nitrogens with two attached hydrogens (primary N) is 1. The summed E-state index contributed by atoms with van der Waals surface area (Å²) in [5.74, 6) is 8.49. The van der Waals surface area contributed by atoms with E-state index in [9.17, 15) is 4.79 Å². The molecular weight excluding hydrogens is 390 g/mol. The third-order valence-electron chi connectivity index (χ3n) is 5.25. The number of thioether (sulfide) groups is 1. The summed E-state index contributed by atoms with van der Waals surface area (Å²) in [6.07, 6.45) is 6.24. The molecule has 1 heterocycles. The van der Waals surface area contributed by atoms with Crippen molar-refractivity contribution >= 4 is 17.7 Å². The fraction of sp³-hybridized carbons (Fsp3) is 0.550. The molecule has 1 amide bonds. The second-order valence-corrected chi connectivity index (χ2v) is 8.56. The lowest BCUT2D eigenvalue weighted by Gasteiger charge is -2.22. The Balaban J connectivity index is 1.63. The van der Waals surface area contributed by atoms with Crippen LogP contribution in [0, 0.1) is 5.92 Å². The number of hydrogen-bond donors (Lipinski definition) is 2. The summed E-state index contributed by atoms with van der Waals surface area (Å²) in [7, 11) is 3.15. The van der Waals surface area contributed by atoms with Crippen molar-refractivity contribution in [1.82, 2.24) is 20.2 Å². The first-order chi connectivity index (χ1) is 14.0. The maximum atomic E-state index is 12.5. The van der Waals surface area contributed by atoms with Gasteiger partial charge in [0, 0.05) is 12.1 Å². The Bertz CT molecular complexity index is 836. The Morgan fingerprint density at radius 2 is 1.97 bits per heavy atom. The highest BCUT2D eigenvalue weighted by Gasteiger charge is 2.22. The predicted molar refractivity (Wildman–Crippen MR) is 114 cm³/mol. The number of rotatable bonds is 8. The van der Waals surface area contributed by atoms with Crippen LogP contribution in [0.5, 0.6) is 11.5 Å². The molecule has 3 N–H and O–H groups in total. The van der Waals surface area contributed by atoms with Crippen LogP contribution < -0.4 is 20.6 Å². The van der Waals surface area contributed by atoms with Crippen LogP contribution in [0.4, 0.5) is 0 Å². The molecule has 0 radical (unpaired) electrons. The number of benzene rings is 1. The summed E-state index contributed by atoms with van der Waals surface area (Å²) in [6, 6.07) is 5.42. The van der Waals surface area contributed by atoms with Gasteiger partial charge in [-0.2, -0.15) is 0 Å². The molecule has 1 atom stereocenters. The number of nitrogens with zero attached hydrogens (tertiary/aromatic N) is 3. The summed E-state index contributed by atoms with van der Waals surface area (Å²) in [6.45, 7) is 2.60. The van der Waals surface area contributed by atoms with Gasteiger partial charge in [-0.1, -0.05) is 31.0 Å². The zero-order chi connectivity index (χ0) is 20.8. The number of carbonyl (C=O) groups excluding carboxylic acids is 1. The number of amides is 1. The fourth-order valence-electron chi connectivity index (χ4n) is 3.52. The molecular formula is C20H29N5O3S. The van der Waals surface area contributed by atoms with E-state index in [1.165, 1.54) is 48.5 Å². The van der Waals surface area contributed by atoms with Gasteiger partial charge >= 0.3 is 0 Å². The van der Waals surface area contributed by atoms with E-state index in [1.807, 2.05) is 13.0 Å². The van der Waals surface area contributed by atoms with E-state index in [2.05, 4.69) is 15.5 Å². The first-order valence-corrected chi connectivity index (χ1v) is 10.8. The van der Waals surface area contributed by atoms with Gasteiger partial charge in [-0.25, -0.2) is 4.68 Å². The van der Waals surface area contributed by atoms with Crippen LogP contribution >= 0.6 is 11.8 Å². The zero-order valence-corrected chi connectivity index (χ0v) is 18.0. The number of methoxy groups -OCH3 is 2. The Morgan fingerprint density at radius 3 is 2.66 bits per heavy atom. The lowest BCUT2D eigenvalue weighted by atomic mass is 9.89. The van der Waals surface area contributed by atoms with Crippen molar-refractivity contribution in [3.05, 3.63) is 18.2 Å². The first-order valence-electron chi connectivity index (χ1n) is 9.90. The molecule has 1 aromatic carbocycles. The summed E-state index contributed by atoms with van der Waals surface area (Å²) in [5.41, 5.74) is 0.749. The minimum atomic E-state index is -0.316. The van der Waals surface area contributed by atoms with E-state index in [-0.39, 0.29) is 11.2 Å². The highest BCUT2D eigenvalue weighted by molar-refractivity contribution is 8.00. The van der Waals surface area contributed by atoms with Crippen molar-refractivity contribution in [2.24, 2.45) is 5.92 Å². The molecule has 1 aromatic heterocycles. The maximum Gasteiger partial charge on any atom is 0.233 e. The van der Waals surface area contributed by atoms with Gasteiger partial charge in [0.25, 0.3) is 0 Å². The Morgan fingerprint density at radius 1 is 1.24 bits per heavy atom. The van der Waals surface area contributed by atoms with E-state index in [4.69, 9.17) is 15.3 Å². The number of hydrogen-bond acceptors (Lipinski definition) is 7. The molecule has 0 spiro atoms. The van der Waals surface area contributed by atoms with Crippen molar-refractivity contribution in [3.63, 3.8) is 0 Å². The summed E-state index contributed by atoms with van der Waals surface area (Å²) < 4.78 is 12.0. The molecule has 158 valence electrons. The molecule has 0 bridgehead atoms. The fourth-order valence-corrected chi connectivity index (χ4v) is 4.32. The highest BCUT2D eigenvalue weighted by atomic mass is 32.2. The van der Waals surface area contributed by atoms with Crippen LogP contribution in [0.15, 0.2) is 23.4 Å². The molecule has 29 heavy (non-hydrogen) atoms. The Kier molecular flexibility index (Phi) is 7.24. The van der Waals surface area contributed by atoms with Gasteiger partial charge in [-0.3, -0.25) is 4.79 Å². The van der Waals surface area contributed by atoms with Crippen molar-refractivity contribution < 1.29 is 14.3 Å². The lowest BCUT2D eigenvalue weighted by Crippen LogP contribution is -2.35. The Hall–Kier alpha value is -2.42. The second kappa shape index (κ2) is 9.87. The topological polar surface area (TPSA) is 104 Å². The van der Waals surface area contributed by atoms with Crippen LogP contribution in [0.1, 0.15) is 39.0 Å². The predicted octanol–water partition coefficient (Wildman–Crippen LogP) is 2.85. The second-order valence-electron chi connectivity index (χ2n) is 7.26. The standard InChI is InChI=1S/C20H29N5O3S/c1-13(19(26)22-12-14-7-5-4-6-8-14)29-20-24-23-18(25(20)21)15-9-10-16(27-2)17(11-15)28-3/h9-11,13-14H,4-8,12,21H2,1-3H3,(H,22,26). The van der Waals surface area contributed by atoms with E-state index in [1.54, 1.807) is 26.4 Å². The van der Waals surface area contributed by atoms with E-state index in [0.29, 0.717) is 28.4 Å². The monoisotopic (exact) mass is 419 g/mol. The van der Waals surface area contributed by atoms with E-state index in [0.717, 1.165) is 12.1 Å². The molecule has 1 unspecified atom stereocenters. The molecule has 9 heteroatoms. The Labute approximate surface area is 175 Å². The van der Waals surface area contributed by atoms with E-state index >= 15 is 0 Å². The third-order valence-corrected chi connectivity index (χ3v) is 6.30. The zero-order valence-electron chi connectivity index (χ0n) is 17.2. The van der Waals surface area contributed by atoms with Gasteiger partial charge in [0.15, 0.2) is 17.3 Å². The van der Waals surface area contributed by atoms with Gasteiger partial charge in [0.2, 0.25) is 11.1 Å². The van der Waals surface area contributed by atoms with Crippen LogP contribution in [0.2, 0.25) is 0 Å². The number of ether oxygens (including phenoxy) is 2. The third kappa shape index (κ3) is 5.14. The van der Waals surface area contributed by atoms with Crippen molar-refractivity contribution in [2.75, 3.05) is 26.6 Å². The summed E-state index contributed by atoms with van der Waals surface area (Å²) >= 11 is 1.29.